The van der Waals surface area contributed by atoms with E-state index >= 15 is 0 Å². The van der Waals surface area contributed by atoms with E-state index < -0.39 is 8.24 Å². The number of anilines is 1. The molecule has 0 spiro atoms. The average molecular weight is 346 g/mol. The number of rotatable bonds is 4. The molecule has 3 aromatic rings. The highest BCUT2D eigenvalue weighted by Gasteiger charge is 2.33. The van der Waals surface area contributed by atoms with Crippen LogP contribution in [0.2, 0.25) is 6.55 Å². The molecule has 3 aromatic carbocycles. The largest absolute Gasteiger partial charge is 0.403 e. The molecule has 1 N–H and O–H groups in total. The van der Waals surface area contributed by atoms with Crippen molar-refractivity contribution in [2.45, 2.75) is 32.7 Å². The molecule has 0 radical (unpaired) electrons. The van der Waals surface area contributed by atoms with Gasteiger partial charge in [-0.15, -0.1) is 0 Å². The number of nitrogens with one attached hydrogen (secondary N) is 1. The van der Waals surface area contributed by atoms with Gasteiger partial charge in [-0.05, 0) is 34.0 Å². The van der Waals surface area contributed by atoms with Crippen LogP contribution in [0.15, 0.2) is 84.9 Å². The summed E-state index contributed by atoms with van der Waals surface area (Å²) in [5.74, 6) is 0. The molecule has 25 heavy (non-hydrogen) atoms. The van der Waals surface area contributed by atoms with Gasteiger partial charge in [0.2, 0.25) is 8.24 Å². The third-order valence-electron chi connectivity index (χ3n) is 4.82. The average Bonchev–Trinajstić information content (AvgIpc) is 2.63. The van der Waals surface area contributed by atoms with Gasteiger partial charge in [0.25, 0.3) is 0 Å². The molecule has 0 aliphatic rings. The highest BCUT2D eigenvalue weighted by molar-refractivity contribution is 7.03. The van der Waals surface area contributed by atoms with Crippen LogP contribution in [0.25, 0.3) is 0 Å². The van der Waals surface area contributed by atoms with Crippen LogP contribution in [0.1, 0.15) is 26.3 Å². The van der Waals surface area contributed by atoms with E-state index in [1.165, 1.54) is 21.6 Å². The lowest BCUT2D eigenvalue weighted by Gasteiger charge is -2.33. The Bertz CT molecular complexity index is 780. The van der Waals surface area contributed by atoms with Crippen molar-refractivity contribution in [1.82, 2.24) is 0 Å². The molecule has 128 valence electrons. The lowest BCUT2D eigenvalue weighted by molar-refractivity contribution is 0.592. The van der Waals surface area contributed by atoms with Gasteiger partial charge < -0.3 is 4.98 Å². The summed E-state index contributed by atoms with van der Waals surface area (Å²) < 4.78 is 0. The normalized spacial score (nSPS) is 12.0. The van der Waals surface area contributed by atoms with Crippen molar-refractivity contribution in [2.75, 3.05) is 4.98 Å². The van der Waals surface area contributed by atoms with Gasteiger partial charge in [0, 0.05) is 5.69 Å². The lowest BCUT2D eigenvalue weighted by Crippen LogP contribution is -2.62. The number of para-hydroxylation sites is 1. The quantitative estimate of drug-likeness (QED) is 0.671. The molecule has 0 heterocycles. The molecule has 1 nitrogen and oxygen atoms in total. The van der Waals surface area contributed by atoms with Crippen molar-refractivity contribution in [3.63, 3.8) is 0 Å². The van der Waals surface area contributed by atoms with Crippen molar-refractivity contribution in [1.29, 1.82) is 0 Å². The number of hydrogen-bond acceptors (Lipinski definition) is 1. The standard InChI is InChI=1S/C23H27NSi/c1-23(2,3)21-17-11-12-18-22(21)24-25(4,19-13-7-5-8-14-19)20-15-9-6-10-16-20/h5-18,24H,1-4H3. The molecule has 0 saturated heterocycles. The van der Waals surface area contributed by atoms with Crippen molar-refractivity contribution in [3.05, 3.63) is 90.5 Å². The predicted molar refractivity (Wildman–Crippen MR) is 113 cm³/mol. The Balaban J connectivity index is 2.13. The second-order valence-corrected chi connectivity index (χ2v) is 11.4. The molecule has 3 rings (SSSR count). The van der Waals surface area contributed by atoms with E-state index in [0.29, 0.717) is 0 Å². The Kier molecular flexibility index (Phi) is 4.82. The Morgan fingerprint density at radius 3 is 1.56 bits per heavy atom. The van der Waals surface area contributed by atoms with E-state index in [9.17, 15) is 0 Å². The van der Waals surface area contributed by atoms with E-state index in [2.05, 4.69) is 117 Å². The summed E-state index contributed by atoms with van der Waals surface area (Å²) in [5, 5.41) is 2.79. The van der Waals surface area contributed by atoms with Crippen LogP contribution in [0.4, 0.5) is 5.69 Å². The second-order valence-electron chi connectivity index (χ2n) is 7.78. The zero-order valence-electron chi connectivity index (χ0n) is 15.6. The Morgan fingerprint density at radius 2 is 1.08 bits per heavy atom. The summed E-state index contributed by atoms with van der Waals surface area (Å²) in [4.78, 5) is 4.00. The van der Waals surface area contributed by atoms with E-state index in [-0.39, 0.29) is 5.41 Å². The van der Waals surface area contributed by atoms with Gasteiger partial charge >= 0.3 is 0 Å². The molecule has 0 saturated carbocycles. The molecule has 0 fully saturated rings. The van der Waals surface area contributed by atoms with Gasteiger partial charge in [-0.3, -0.25) is 0 Å². The van der Waals surface area contributed by atoms with Gasteiger partial charge in [-0.25, -0.2) is 0 Å². The minimum atomic E-state index is -2.10. The number of benzene rings is 3. The Hall–Kier alpha value is -2.32. The summed E-state index contributed by atoms with van der Waals surface area (Å²) in [6.45, 7) is 9.23. The summed E-state index contributed by atoms with van der Waals surface area (Å²) in [6.07, 6.45) is 0. The SMILES string of the molecule is CC(C)(C)c1ccccc1N[Si](C)(c1ccccc1)c1ccccc1. The van der Waals surface area contributed by atoms with Crippen molar-refractivity contribution in [2.24, 2.45) is 0 Å². The van der Waals surface area contributed by atoms with Gasteiger partial charge in [0.05, 0.1) is 0 Å². The van der Waals surface area contributed by atoms with Crippen LogP contribution in [0.5, 0.6) is 0 Å². The van der Waals surface area contributed by atoms with Crippen molar-refractivity contribution < 1.29 is 0 Å². The Morgan fingerprint density at radius 1 is 0.640 bits per heavy atom. The molecule has 0 bridgehead atoms. The summed E-state index contributed by atoms with van der Waals surface area (Å²) >= 11 is 0. The maximum atomic E-state index is 4.00. The van der Waals surface area contributed by atoms with Gasteiger partial charge in [0.1, 0.15) is 0 Å². The maximum Gasteiger partial charge on any atom is 0.214 e. The van der Waals surface area contributed by atoms with Crippen LogP contribution in [0, 0.1) is 0 Å². The summed E-state index contributed by atoms with van der Waals surface area (Å²) in [5.41, 5.74) is 2.71. The third kappa shape index (κ3) is 3.69. The molecule has 0 amide bonds. The van der Waals surface area contributed by atoms with Crippen LogP contribution < -0.4 is 15.4 Å². The topological polar surface area (TPSA) is 12.0 Å². The molecule has 0 unspecified atom stereocenters. The van der Waals surface area contributed by atoms with Gasteiger partial charge in [-0.1, -0.05) is 99.6 Å². The molecule has 0 aromatic heterocycles. The maximum absolute atomic E-state index is 4.00. The molecule has 0 atom stereocenters. The zero-order chi connectivity index (χ0) is 17.9. The van der Waals surface area contributed by atoms with E-state index in [0.717, 1.165) is 0 Å². The lowest BCUT2D eigenvalue weighted by atomic mass is 9.86. The third-order valence-corrected chi connectivity index (χ3v) is 8.57. The van der Waals surface area contributed by atoms with Gasteiger partial charge in [-0.2, -0.15) is 0 Å². The highest BCUT2D eigenvalue weighted by atomic mass is 28.3. The smallest absolute Gasteiger partial charge is 0.214 e. The minimum absolute atomic E-state index is 0.103. The second kappa shape index (κ2) is 6.89. The zero-order valence-corrected chi connectivity index (χ0v) is 16.6. The first kappa shape index (κ1) is 17.5. The first-order valence-electron chi connectivity index (χ1n) is 8.90. The van der Waals surface area contributed by atoms with Crippen LogP contribution in [-0.4, -0.2) is 8.24 Å². The summed E-state index contributed by atoms with van der Waals surface area (Å²) in [6, 6.07) is 30.5. The van der Waals surface area contributed by atoms with Crippen molar-refractivity contribution in [3.8, 4) is 0 Å². The first-order valence-corrected chi connectivity index (χ1v) is 11.4. The summed E-state index contributed by atoms with van der Waals surface area (Å²) in [7, 11) is -2.10. The molecular weight excluding hydrogens is 318 g/mol. The van der Waals surface area contributed by atoms with Crippen molar-refractivity contribution >= 4 is 24.3 Å². The Labute approximate surface area is 152 Å². The van der Waals surface area contributed by atoms with Gasteiger partial charge in [0.15, 0.2) is 0 Å². The van der Waals surface area contributed by atoms with E-state index in [4.69, 9.17) is 0 Å². The fourth-order valence-corrected chi connectivity index (χ4v) is 6.47. The fraction of sp³-hybridized carbons (Fsp3) is 0.217. The minimum Gasteiger partial charge on any atom is -0.403 e. The van der Waals surface area contributed by atoms with Crippen LogP contribution in [0.3, 0.4) is 0 Å². The van der Waals surface area contributed by atoms with E-state index in [1.807, 2.05) is 0 Å². The van der Waals surface area contributed by atoms with Crippen LogP contribution >= 0.6 is 0 Å². The predicted octanol–water partition coefficient (Wildman–Crippen LogP) is 4.79. The number of hydrogen-bond donors (Lipinski definition) is 1. The molecule has 0 aliphatic heterocycles. The monoisotopic (exact) mass is 345 g/mol. The molecule has 2 heteroatoms. The molecular formula is C23H27NSi. The van der Waals surface area contributed by atoms with Crippen LogP contribution in [-0.2, 0) is 5.41 Å². The van der Waals surface area contributed by atoms with E-state index in [1.54, 1.807) is 0 Å². The fourth-order valence-electron chi connectivity index (χ4n) is 3.37. The first-order chi connectivity index (χ1) is 11.9. The molecule has 0 aliphatic carbocycles. The highest BCUT2D eigenvalue weighted by Crippen LogP contribution is 2.30.